The van der Waals surface area contributed by atoms with Crippen LogP contribution in [0.25, 0.3) is 0 Å². The van der Waals surface area contributed by atoms with E-state index in [1.165, 1.54) is 43.7 Å². The first-order chi connectivity index (χ1) is 7.80. The SMILES string of the molecule is O=C1CC2CCCN2C2(CCCSC2)CN1. The number of amides is 1. The third kappa shape index (κ3) is 1.76. The molecule has 3 saturated heterocycles. The Morgan fingerprint density at radius 3 is 3.19 bits per heavy atom. The number of thioether (sulfide) groups is 1. The molecule has 0 saturated carbocycles. The summed E-state index contributed by atoms with van der Waals surface area (Å²) < 4.78 is 0. The van der Waals surface area contributed by atoms with Crippen LogP contribution in [0.5, 0.6) is 0 Å². The van der Waals surface area contributed by atoms with Crippen LogP contribution in [0, 0.1) is 0 Å². The summed E-state index contributed by atoms with van der Waals surface area (Å²) in [5, 5.41) is 3.14. The Morgan fingerprint density at radius 2 is 2.38 bits per heavy atom. The zero-order chi connectivity index (χ0) is 11.0. The van der Waals surface area contributed by atoms with Crippen molar-refractivity contribution in [1.29, 1.82) is 0 Å². The van der Waals surface area contributed by atoms with Crippen LogP contribution in [0.15, 0.2) is 0 Å². The summed E-state index contributed by atoms with van der Waals surface area (Å²) >= 11 is 2.07. The van der Waals surface area contributed by atoms with Gasteiger partial charge in [0.05, 0.1) is 0 Å². The van der Waals surface area contributed by atoms with E-state index >= 15 is 0 Å². The molecular weight excluding hydrogens is 220 g/mol. The second kappa shape index (κ2) is 4.22. The van der Waals surface area contributed by atoms with Crippen molar-refractivity contribution in [2.45, 2.75) is 43.7 Å². The van der Waals surface area contributed by atoms with Crippen LogP contribution in [0.3, 0.4) is 0 Å². The summed E-state index contributed by atoms with van der Waals surface area (Å²) in [4.78, 5) is 14.4. The Bertz CT molecular complexity index is 289. The average molecular weight is 240 g/mol. The molecule has 90 valence electrons. The molecule has 3 aliphatic heterocycles. The molecule has 4 heteroatoms. The largest absolute Gasteiger partial charge is 0.354 e. The fourth-order valence-electron chi connectivity index (χ4n) is 3.53. The van der Waals surface area contributed by atoms with E-state index in [0.717, 1.165) is 13.0 Å². The van der Waals surface area contributed by atoms with E-state index in [2.05, 4.69) is 22.0 Å². The highest BCUT2D eigenvalue weighted by atomic mass is 32.2. The first-order valence-electron chi connectivity index (χ1n) is 6.41. The van der Waals surface area contributed by atoms with Crippen LogP contribution in [0.1, 0.15) is 32.1 Å². The molecule has 1 spiro atoms. The minimum Gasteiger partial charge on any atom is -0.354 e. The van der Waals surface area contributed by atoms with Gasteiger partial charge in [-0.2, -0.15) is 11.8 Å². The van der Waals surface area contributed by atoms with Crippen molar-refractivity contribution in [2.24, 2.45) is 0 Å². The number of carbonyl (C=O) groups excluding carboxylic acids is 1. The molecule has 3 nitrogen and oxygen atoms in total. The van der Waals surface area contributed by atoms with Gasteiger partial charge in [-0.15, -0.1) is 0 Å². The maximum atomic E-state index is 11.7. The Kier molecular flexibility index (Phi) is 2.88. The zero-order valence-corrected chi connectivity index (χ0v) is 10.5. The van der Waals surface area contributed by atoms with Crippen molar-refractivity contribution in [3.63, 3.8) is 0 Å². The summed E-state index contributed by atoms with van der Waals surface area (Å²) in [5.41, 5.74) is 0.288. The molecule has 0 aromatic heterocycles. The molecule has 3 heterocycles. The molecule has 2 atom stereocenters. The topological polar surface area (TPSA) is 32.3 Å². The molecule has 3 fully saturated rings. The molecule has 0 aliphatic carbocycles. The number of nitrogens with one attached hydrogen (secondary N) is 1. The van der Waals surface area contributed by atoms with Crippen molar-refractivity contribution in [2.75, 3.05) is 24.6 Å². The molecule has 1 amide bonds. The van der Waals surface area contributed by atoms with Gasteiger partial charge < -0.3 is 5.32 Å². The van der Waals surface area contributed by atoms with Crippen LogP contribution in [-0.2, 0) is 4.79 Å². The minimum atomic E-state index is 0.268. The van der Waals surface area contributed by atoms with E-state index in [4.69, 9.17) is 0 Å². The van der Waals surface area contributed by atoms with Crippen LogP contribution in [-0.4, -0.2) is 47.0 Å². The molecule has 16 heavy (non-hydrogen) atoms. The van der Waals surface area contributed by atoms with Gasteiger partial charge in [0.15, 0.2) is 0 Å². The third-order valence-corrected chi connectivity index (χ3v) is 5.64. The van der Waals surface area contributed by atoms with E-state index in [0.29, 0.717) is 6.04 Å². The van der Waals surface area contributed by atoms with Crippen LogP contribution in [0.4, 0.5) is 0 Å². The van der Waals surface area contributed by atoms with Crippen LogP contribution >= 0.6 is 11.8 Å². The van der Waals surface area contributed by atoms with Gasteiger partial charge in [0, 0.05) is 30.3 Å². The van der Waals surface area contributed by atoms with Gasteiger partial charge in [0.25, 0.3) is 0 Å². The molecule has 2 unspecified atom stereocenters. The van der Waals surface area contributed by atoms with Crippen molar-refractivity contribution >= 4 is 17.7 Å². The summed E-state index contributed by atoms with van der Waals surface area (Å²) in [5.74, 6) is 2.78. The maximum absolute atomic E-state index is 11.7. The highest BCUT2D eigenvalue weighted by molar-refractivity contribution is 7.99. The maximum Gasteiger partial charge on any atom is 0.221 e. The third-order valence-electron chi connectivity index (χ3n) is 4.32. The monoisotopic (exact) mass is 240 g/mol. The predicted octanol–water partition coefficient (Wildman–Crippen LogP) is 1.24. The number of hydrogen-bond acceptors (Lipinski definition) is 3. The molecule has 0 radical (unpaired) electrons. The first-order valence-corrected chi connectivity index (χ1v) is 7.57. The lowest BCUT2D eigenvalue weighted by Crippen LogP contribution is -2.57. The Hall–Kier alpha value is -0.220. The second-order valence-electron chi connectivity index (χ2n) is 5.35. The first kappa shape index (κ1) is 10.9. The quantitative estimate of drug-likeness (QED) is 0.691. The van der Waals surface area contributed by atoms with Gasteiger partial charge in [-0.05, 0) is 38.0 Å². The molecule has 1 N–H and O–H groups in total. The molecule has 0 bridgehead atoms. The van der Waals surface area contributed by atoms with E-state index in [1.54, 1.807) is 0 Å². The predicted molar refractivity (Wildman–Crippen MR) is 66.6 cm³/mol. The molecular formula is C12H20N2OS. The number of rotatable bonds is 0. The van der Waals surface area contributed by atoms with Gasteiger partial charge in [-0.25, -0.2) is 0 Å². The van der Waals surface area contributed by atoms with Gasteiger partial charge in [0.1, 0.15) is 0 Å². The normalized spacial score (nSPS) is 40.5. The van der Waals surface area contributed by atoms with Crippen LogP contribution in [0.2, 0.25) is 0 Å². The van der Waals surface area contributed by atoms with Crippen molar-refractivity contribution in [3.05, 3.63) is 0 Å². The molecule has 3 aliphatic rings. The lowest BCUT2D eigenvalue weighted by Gasteiger charge is -2.45. The van der Waals surface area contributed by atoms with Gasteiger partial charge in [-0.1, -0.05) is 0 Å². The standard InChI is InChI=1S/C12H20N2OS/c15-11-7-10-3-1-5-14(10)12(8-13-11)4-2-6-16-9-12/h10H,1-9H2,(H,13,15). The summed E-state index contributed by atoms with van der Waals surface area (Å²) in [6, 6.07) is 0.529. The fourth-order valence-corrected chi connectivity index (χ4v) is 4.81. The van der Waals surface area contributed by atoms with E-state index in [1.807, 2.05) is 0 Å². The smallest absolute Gasteiger partial charge is 0.221 e. The number of nitrogens with zero attached hydrogens (tertiary/aromatic N) is 1. The van der Waals surface area contributed by atoms with E-state index in [-0.39, 0.29) is 11.4 Å². The Labute approximate surface area is 101 Å². The van der Waals surface area contributed by atoms with Crippen LogP contribution < -0.4 is 5.32 Å². The fraction of sp³-hybridized carbons (Fsp3) is 0.917. The average Bonchev–Trinajstić information content (AvgIpc) is 2.72. The number of fused-ring (bicyclic) bond motifs is 2. The van der Waals surface area contributed by atoms with Crippen molar-refractivity contribution in [1.82, 2.24) is 10.2 Å². The van der Waals surface area contributed by atoms with Gasteiger partial charge in [-0.3, -0.25) is 9.69 Å². The summed E-state index contributed by atoms with van der Waals surface area (Å²) in [7, 11) is 0. The minimum absolute atomic E-state index is 0.268. The molecule has 0 aromatic carbocycles. The van der Waals surface area contributed by atoms with Gasteiger partial charge >= 0.3 is 0 Å². The van der Waals surface area contributed by atoms with Gasteiger partial charge in [0.2, 0.25) is 5.91 Å². The van der Waals surface area contributed by atoms with Crippen molar-refractivity contribution in [3.8, 4) is 0 Å². The second-order valence-corrected chi connectivity index (χ2v) is 6.46. The highest BCUT2D eigenvalue weighted by Crippen LogP contribution is 2.38. The molecule has 0 aromatic rings. The highest BCUT2D eigenvalue weighted by Gasteiger charge is 2.46. The number of hydrogen-bond donors (Lipinski definition) is 1. The molecule has 3 rings (SSSR count). The lowest BCUT2D eigenvalue weighted by atomic mass is 9.92. The van der Waals surface area contributed by atoms with E-state index in [9.17, 15) is 4.79 Å². The Balaban J connectivity index is 1.86. The summed E-state index contributed by atoms with van der Waals surface area (Å²) in [6.45, 7) is 2.09. The van der Waals surface area contributed by atoms with Crippen molar-refractivity contribution < 1.29 is 4.79 Å². The van der Waals surface area contributed by atoms with E-state index < -0.39 is 0 Å². The summed E-state index contributed by atoms with van der Waals surface area (Å²) in [6.07, 6.45) is 5.82. The lowest BCUT2D eigenvalue weighted by molar-refractivity contribution is -0.121. The Morgan fingerprint density at radius 1 is 1.44 bits per heavy atom. The zero-order valence-electron chi connectivity index (χ0n) is 9.71. The number of carbonyl (C=O) groups is 1.